The first kappa shape index (κ1) is 22.7. The molecule has 0 aliphatic carbocycles. The van der Waals surface area contributed by atoms with Crippen molar-refractivity contribution in [2.24, 2.45) is 5.92 Å². The Morgan fingerprint density at radius 1 is 1.29 bits per heavy atom. The van der Waals surface area contributed by atoms with Crippen LogP contribution in [0.15, 0.2) is 36.5 Å². The van der Waals surface area contributed by atoms with Gasteiger partial charge in [-0.25, -0.2) is 19.2 Å². The number of nitrogens with one attached hydrogen (secondary N) is 1. The normalized spacial score (nSPS) is 13.8. The first-order valence-corrected chi connectivity index (χ1v) is 10.6. The molecule has 2 atom stereocenters. The van der Waals surface area contributed by atoms with Gasteiger partial charge in [-0.1, -0.05) is 32.4 Å². The van der Waals surface area contributed by atoms with E-state index in [1.165, 1.54) is 6.07 Å². The fourth-order valence-electron chi connectivity index (χ4n) is 3.49. The average Bonchev–Trinajstić information content (AvgIpc) is 3.05. The molecule has 0 radical (unpaired) electrons. The number of fused-ring (bicyclic) bond motifs is 1. The highest BCUT2D eigenvalue weighted by Gasteiger charge is 2.29. The molecule has 6 nitrogen and oxygen atoms in total. The Kier molecular flexibility index (Phi) is 6.62. The summed E-state index contributed by atoms with van der Waals surface area (Å²) in [6.07, 6.45) is 2.08. The lowest BCUT2D eigenvalue weighted by Crippen LogP contribution is -2.38. The summed E-state index contributed by atoms with van der Waals surface area (Å²) in [5, 5.41) is 3.02. The predicted molar refractivity (Wildman–Crippen MR) is 119 cm³/mol. The molecule has 0 bridgehead atoms. The van der Waals surface area contributed by atoms with E-state index in [1.54, 1.807) is 19.2 Å². The number of amides is 1. The molecule has 0 aliphatic rings. The van der Waals surface area contributed by atoms with Crippen LogP contribution < -0.4 is 5.32 Å². The molecule has 1 N–H and O–H groups in total. The largest absolute Gasteiger partial charge is 0.444 e. The maximum Gasteiger partial charge on any atom is 0.408 e. The highest BCUT2D eigenvalue weighted by Crippen LogP contribution is 2.28. The van der Waals surface area contributed by atoms with Crippen LogP contribution in [0, 0.1) is 18.7 Å². The zero-order valence-electron chi connectivity index (χ0n) is 19.1. The number of hydrogen-bond donors (Lipinski definition) is 1. The number of nitrogens with zero attached hydrogens (tertiary/aromatic N) is 3. The quantitative estimate of drug-likeness (QED) is 0.562. The number of halogens is 1. The van der Waals surface area contributed by atoms with E-state index < -0.39 is 11.7 Å². The molecular formula is C24H31FN4O2. The highest BCUT2D eigenvalue weighted by molar-refractivity contribution is 5.72. The van der Waals surface area contributed by atoms with Gasteiger partial charge in [0.1, 0.15) is 22.8 Å². The Balaban J connectivity index is 2.05. The van der Waals surface area contributed by atoms with Gasteiger partial charge in [0.05, 0.1) is 12.6 Å². The summed E-state index contributed by atoms with van der Waals surface area (Å²) in [6.45, 7) is 11.9. The van der Waals surface area contributed by atoms with Crippen molar-refractivity contribution in [1.82, 2.24) is 19.9 Å². The topological polar surface area (TPSA) is 69.0 Å². The molecule has 3 rings (SSSR count). The van der Waals surface area contributed by atoms with Crippen LogP contribution in [-0.2, 0) is 11.3 Å². The first-order valence-electron chi connectivity index (χ1n) is 10.6. The highest BCUT2D eigenvalue weighted by atomic mass is 19.1. The van der Waals surface area contributed by atoms with Crippen molar-refractivity contribution < 1.29 is 13.9 Å². The molecule has 1 amide bonds. The van der Waals surface area contributed by atoms with Gasteiger partial charge in [-0.2, -0.15) is 0 Å². The molecule has 7 heteroatoms. The molecule has 0 aliphatic heterocycles. The van der Waals surface area contributed by atoms with Gasteiger partial charge in [0.25, 0.3) is 0 Å². The number of carbonyl (C=O) groups is 1. The fraction of sp³-hybridized carbons (Fsp3) is 0.458. The van der Waals surface area contributed by atoms with Crippen molar-refractivity contribution in [2.45, 2.75) is 66.2 Å². The number of ether oxygens (including phenoxy) is 1. The third-order valence-electron chi connectivity index (χ3n) is 5.26. The van der Waals surface area contributed by atoms with E-state index in [4.69, 9.17) is 9.72 Å². The summed E-state index contributed by atoms with van der Waals surface area (Å²) in [7, 11) is 0. The third kappa shape index (κ3) is 5.40. The summed E-state index contributed by atoms with van der Waals surface area (Å²) in [6, 6.07) is 8.44. The van der Waals surface area contributed by atoms with Gasteiger partial charge >= 0.3 is 6.09 Å². The van der Waals surface area contributed by atoms with Crippen LogP contribution in [-0.4, -0.2) is 26.2 Å². The molecule has 2 heterocycles. The van der Waals surface area contributed by atoms with Crippen LogP contribution >= 0.6 is 0 Å². The van der Waals surface area contributed by atoms with Gasteiger partial charge in [-0.15, -0.1) is 0 Å². The summed E-state index contributed by atoms with van der Waals surface area (Å²) in [5.74, 6) is 0.579. The minimum atomic E-state index is -0.600. The van der Waals surface area contributed by atoms with Crippen LogP contribution in [0.2, 0.25) is 0 Å². The lowest BCUT2D eigenvalue weighted by atomic mass is 9.98. The lowest BCUT2D eigenvalue weighted by Gasteiger charge is -2.27. The van der Waals surface area contributed by atoms with Crippen molar-refractivity contribution in [2.75, 3.05) is 0 Å². The third-order valence-corrected chi connectivity index (χ3v) is 5.26. The maximum atomic E-state index is 13.8. The van der Waals surface area contributed by atoms with E-state index in [2.05, 4.69) is 24.1 Å². The number of rotatable bonds is 6. The SMILES string of the molecule is CCC(C)[C@H](NC(=O)OC(C)(C)C)c1nc2cccnc2n1Cc1ccc(F)c(C)c1. The molecule has 166 valence electrons. The average molecular weight is 427 g/mol. The summed E-state index contributed by atoms with van der Waals surface area (Å²) in [4.78, 5) is 22.0. The van der Waals surface area contributed by atoms with E-state index in [-0.39, 0.29) is 17.8 Å². The van der Waals surface area contributed by atoms with Crippen LogP contribution in [0.25, 0.3) is 11.2 Å². The monoisotopic (exact) mass is 426 g/mol. The van der Waals surface area contributed by atoms with E-state index >= 15 is 0 Å². The second kappa shape index (κ2) is 9.04. The minimum absolute atomic E-state index is 0.109. The zero-order chi connectivity index (χ0) is 22.8. The molecule has 1 unspecified atom stereocenters. The molecule has 31 heavy (non-hydrogen) atoms. The van der Waals surface area contributed by atoms with Crippen LogP contribution in [0.5, 0.6) is 0 Å². The molecule has 1 aromatic carbocycles. The van der Waals surface area contributed by atoms with Gasteiger partial charge in [0.2, 0.25) is 0 Å². The first-order chi connectivity index (χ1) is 14.6. The van der Waals surface area contributed by atoms with E-state index in [1.807, 2.05) is 43.5 Å². The molecule has 3 aromatic rings. The van der Waals surface area contributed by atoms with Gasteiger partial charge < -0.3 is 14.6 Å². The van der Waals surface area contributed by atoms with Gasteiger partial charge in [-0.3, -0.25) is 0 Å². The second-order valence-electron chi connectivity index (χ2n) is 9.00. The number of alkyl carbamates (subject to hydrolysis) is 1. The summed E-state index contributed by atoms with van der Waals surface area (Å²) >= 11 is 0. The Morgan fingerprint density at radius 2 is 2.03 bits per heavy atom. The van der Waals surface area contributed by atoms with Gasteiger partial charge in [0.15, 0.2) is 5.65 Å². The molecule has 0 saturated carbocycles. The Hall–Kier alpha value is -2.96. The lowest BCUT2D eigenvalue weighted by molar-refractivity contribution is 0.0482. The van der Waals surface area contributed by atoms with Crippen molar-refractivity contribution >= 4 is 17.3 Å². The number of imidazole rings is 1. The maximum absolute atomic E-state index is 13.8. The molecular weight excluding hydrogens is 395 g/mol. The van der Waals surface area contributed by atoms with Crippen molar-refractivity contribution in [3.8, 4) is 0 Å². The second-order valence-corrected chi connectivity index (χ2v) is 9.00. The molecule has 0 fully saturated rings. The Morgan fingerprint density at radius 3 is 2.68 bits per heavy atom. The van der Waals surface area contributed by atoms with Crippen LogP contribution in [0.3, 0.4) is 0 Å². The van der Waals surface area contributed by atoms with Crippen LogP contribution in [0.1, 0.15) is 64.0 Å². The van der Waals surface area contributed by atoms with E-state index in [0.29, 0.717) is 17.9 Å². The van der Waals surface area contributed by atoms with E-state index in [0.717, 1.165) is 23.1 Å². The van der Waals surface area contributed by atoms with Crippen LogP contribution in [0.4, 0.5) is 9.18 Å². The predicted octanol–water partition coefficient (Wildman–Crippen LogP) is 5.54. The van der Waals surface area contributed by atoms with E-state index in [9.17, 15) is 9.18 Å². The van der Waals surface area contributed by atoms with Gasteiger partial charge in [-0.05, 0) is 62.9 Å². The standard InChI is InChI=1S/C24H31FN4O2/c1-7-15(2)20(28-23(30)31-24(4,5)6)22-27-19-9-8-12-26-21(19)29(22)14-17-10-11-18(25)16(3)13-17/h8-13,15,20H,7,14H2,1-6H3,(H,28,30)/t15?,20-/m0/s1. The number of hydrogen-bond acceptors (Lipinski definition) is 4. The Bertz CT molecular complexity index is 1070. The Labute approximate surface area is 182 Å². The van der Waals surface area contributed by atoms with Gasteiger partial charge in [0, 0.05) is 6.20 Å². The number of benzene rings is 1. The molecule has 0 spiro atoms. The smallest absolute Gasteiger partial charge is 0.408 e. The zero-order valence-corrected chi connectivity index (χ0v) is 19.1. The number of carbonyl (C=O) groups excluding carboxylic acids is 1. The molecule has 0 saturated heterocycles. The minimum Gasteiger partial charge on any atom is -0.444 e. The van der Waals surface area contributed by atoms with Crippen molar-refractivity contribution in [1.29, 1.82) is 0 Å². The number of aryl methyl sites for hydroxylation is 1. The molecule has 2 aromatic heterocycles. The fourth-order valence-corrected chi connectivity index (χ4v) is 3.49. The summed E-state index contributed by atoms with van der Waals surface area (Å²) in [5.41, 5.74) is 2.39. The number of aromatic nitrogens is 3. The van der Waals surface area contributed by atoms with Crippen molar-refractivity contribution in [3.05, 3.63) is 59.3 Å². The summed E-state index contributed by atoms with van der Waals surface area (Å²) < 4.78 is 21.3. The number of pyridine rings is 1. The van der Waals surface area contributed by atoms with Crippen molar-refractivity contribution in [3.63, 3.8) is 0 Å².